The Morgan fingerprint density at radius 1 is 1.40 bits per heavy atom. The molecule has 0 aromatic rings. The van der Waals surface area contributed by atoms with Crippen molar-refractivity contribution in [3.8, 4) is 0 Å². The van der Waals surface area contributed by atoms with Crippen molar-refractivity contribution in [2.24, 2.45) is 5.41 Å². The Morgan fingerprint density at radius 3 is 2.47 bits per heavy atom. The third-order valence-electron chi connectivity index (χ3n) is 3.37. The largest absolute Gasteiger partial charge is 0.366 e. The molecule has 1 heterocycles. The second-order valence-electron chi connectivity index (χ2n) is 5.74. The highest BCUT2D eigenvalue weighted by atomic mass is 32.1. The van der Waals surface area contributed by atoms with E-state index in [0.717, 1.165) is 24.5 Å². The molecule has 15 heavy (non-hydrogen) atoms. The summed E-state index contributed by atoms with van der Waals surface area (Å²) in [4.78, 5) is 3.46. The zero-order valence-electron chi connectivity index (χ0n) is 10.7. The summed E-state index contributed by atoms with van der Waals surface area (Å²) < 4.78 is 0. The molecule has 2 nitrogen and oxygen atoms in total. The summed E-state index contributed by atoms with van der Waals surface area (Å²) in [6.07, 6.45) is 2.16. The van der Waals surface area contributed by atoms with Crippen LogP contribution in [0.1, 0.15) is 40.5 Å². The first-order valence-electron chi connectivity index (χ1n) is 5.79. The van der Waals surface area contributed by atoms with E-state index in [9.17, 15) is 0 Å². The fourth-order valence-corrected chi connectivity index (χ4v) is 3.20. The Bertz CT molecular complexity index is 250. The molecule has 0 amide bonds. The van der Waals surface area contributed by atoms with Crippen LogP contribution in [0.25, 0.3) is 0 Å². The maximum atomic E-state index is 5.52. The van der Waals surface area contributed by atoms with Gasteiger partial charge in [-0.3, -0.25) is 0 Å². The van der Waals surface area contributed by atoms with Crippen LogP contribution < -0.4 is 5.32 Å². The minimum Gasteiger partial charge on any atom is -0.366 e. The van der Waals surface area contributed by atoms with Crippen molar-refractivity contribution in [1.82, 2.24) is 10.2 Å². The number of rotatable bonds is 2. The number of thiocarbonyl (C=S) groups is 1. The molecule has 0 aromatic heterocycles. The van der Waals surface area contributed by atoms with Crippen LogP contribution in [0.2, 0.25) is 0 Å². The highest BCUT2D eigenvalue weighted by molar-refractivity contribution is 7.80. The van der Waals surface area contributed by atoms with Gasteiger partial charge in [-0.25, -0.2) is 0 Å². The maximum absolute atomic E-state index is 5.52. The van der Waals surface area contributed by atoms with Crippen molar-refractivity contribution >= 4 is 17.2 Å². The molecule has 0 bridgehead atoms. The van der Waals surface area contributed by atoms with Crippen LogP contribution in [0.4, 0.5) is 0 Å². The van der Waals surface area contributed by atoms with Gasteiger partial charge in [0, 0.05) is 25.0 Å². The van der Waals surface area contributed by atoms with E-state index in [2.05, 4.69) is 37.9 Å². The third-order valence-corrected chi connectivity index (χ3v) is 3.77. The summed E-state index contributed by atoms with van der Waals surface area (Å²) >= 11 is 5.52. The predicted octanol–water partition coefficient (Wildman–Crippen LogP) is 2.43. The van der Waals surface area contributed by atoms with Crippen LogP contribution in [0.15, 0.2) is 0 Å². The molecule has 1 atom stereocenters. The van der Waals surface area contributed by atoms with E-state index in [-0.39, 0.29) is 5.54 Å². The van der Waals surface area contributed by atoms with E-state index < -0.39 is 0 Å². The molecule has 0 aromatic carbocycles. The second kappa shape index (κ2) is 4.38. The number of nitrogens with one attached hydrogen (secondary N) is 1. The molecule has 1 saturated heterocycles. The molecular formula is C12H24N2S. The van der Waals surface area contributed by atoms with Crippen LogP contribution in [-0.4, -0.2) is 35.6 Å². The zero-order chi connectivity index (χ0) is 11.7. The Morgan fingerprint density at radius 2 is 2.00 bits per heavy atom. The molecular weight excluding hydrogens is 204 g/mol. The Hall–Kier alpha value is -0.150. The first kappa shape index (κ1) is 12.9. The maximum Gasteiger partial charge on any atom is 0.0797 e. The molecule has 88 valence electrons. The normalized spacial score (nSPS) is 31.5. The third kappa shape index (κ3) is 3.15. The summed E-state index contributed by atoms with van der Waals surface area (Å²) in [6, 6.07) is 0. The second-order valence-corrected chi connectivity index (χ2v) is 6.21. The summed E-state index contributed by atoms with van der Waals surface area (Å²) in [5.74, 6) is 0. The molecule has 0 aliphatic carbocycles. The topological polar surface area (TPSA) is 15.3 Å². The molecule has 3 heteroatoms. The van der Waals surface area contributed by atoms with E-state index in [0.29, 0.717) is 5.41 Å². The quantitative estimate of drug-likeness (QED) is 0.731. The summed E-state index contributed by atoms with van der Waals surface area (Å²) in [7, 11) is 2.04. The standard InChI is InChI=1S/C12H24N2S/c1-6-14-9-11(2,3)8-12(4,13-5)7-10(14)15/h13H,6-9H2,1-5H3. The van der Waals surface area contributed by atoms with Crippen LogP contribution in [0.3, 0.4) is 0 Å². The average molecular weight is 228 g/mol. The monoisotopic (exact) mass is 228 g/mol. The van der Waals surface area contributed by atoms with E-state index in [1.165, 1.54) is 6.42 Å². The van der Waals surface area contributed by atoms with Crippen molar-refractivity contribution in [2.45, 2.75) is 46.1 Å². The average Bonchev–Trinajstić information content (AvgIpc) is 2.20. The first-order valence-corrected chi connectivity index (χ1v) is 6.19. The van der Waals surface area contributed by atoms with Crippen molar-refractivity contribution in [3.05, 3.63) is 0 Å². The molecule has 1 unspecified atom stereocenters. The predicted molar refractivity (Wildman–Crippen MR) is 70.3 cm³/mol. The van der Waals surface area contributed by atoms with Gasteiger partial charge in [0.2, 0.25) is 0 Å². The lowest BCUT2D eigenvalue weighted by molar-refractivity contribution is 0.205. The van der Waals surface area contributed by atoms with E-state index in [4.69, 9.17) is 12.2 Å². The highest BCUT2D eigenvalue weighted by Gasteiger charge is 2.37. The molecule has 0 radical (unpaired) electrons. The first-order chi connectivity index (χ1) is 6.82. The smallest absolute Gasteiger partial charge is 0.0797 e. The minimum absolute atomic E-state index is 0.157. The summed E-state index contributed by atoms with van der Waals surface area (Å²) in [5, 5.41) is 3.44. The minimum atomic E-state index is 0.157. The van der Waals surface area contributed by atoms with Gasteiger partial charge in [-0.15, -0.1) is 0 Å². The number of nitrogens with zero attached hydrogens (tertiary/aromatic N) is 1. The lowest BCUT2D eigenvalue weighted by Gasteiger charge is -2.34. The Kier molecular flexibility index (Phi) is 3.77. The highest BCUT2D eigenvalue weighted by Crippen LogP contribution is 2.34. The van der Waals surface area contributed by atoms with Crippen LogP contribution in [0, 0.1) is 5.41 Å². The van der Waals surface area contributed by atoms with Crippen molar-refractivity contribution in [3.63, 3.8) is 0 Å². The Labute approximate surface area is 99.4 Å². The van der Waals surface area contributed by atoms with Gasteiger partial charge in [-0.05, 0) is 32.7 Å². The van der Waals surface area contributed by atoms with Crippen molar-refractivity contribution < 1.29 is 0 Å². The number of hydrogen-bond donors (Lipinski definition) is 1. The molecule has 1 rings (SSSR count). The van der Waals surface area contributed by atoms with E-state index in [1.807, 2.05) is 7.05 Å². The van der Waals surface area contributed by atoms with Gasteiger partial charge in [0.1, 0.15) is 0 Å². The molecule has 1 aliphatic heterocycles. The zero-order valence-corrected chi connectivity index (χ0v) is 11.5. The van der Waals surface area contributed by atoms with E-state index >= 15 is 0 Å². The molecule has 1 aliphatic rings. The Balaban J connectivity index is 2.92. The fourth-order valence-electron chi connectivity index (χ4n) is 2.69. The van der Waals surface area contributed by atoms with Gasteiger partial charge in [-0.1, -0.05) is 26.1 Å². The van der Waals surface area contributed by atoms with Gasteiger partial charge in [0.25, 0.3) is 0 Å². The fraction of sp³-hybridized carbons (Fsp3) is 0.917. The number of hydrogen-bond acceptors (Lipinski definition) is 2. The van der Waals surface area contributed by atoms with Crippen molar-refractivity contribution in [2.75, 3.05) is 20.1 Å². The van der Waals surface area contributed by atoms with Gasteiger partial charge in [-0.2, -0.15) is 0 Å². The molecule has 0 spiro atoms. The lowest BCUT2D eigenvalue weighted by Crippen LogP contribution is -2.43. The summed E-state index contributed by atoms with van der Waals surface area (Å²) in [6.45, 7) is 11.2. The summed E-state index contributed by atoms with van der Waals surface area (Å²) in [5.41, 5.74) is 0.485. The van der Waals surface area contributed by atoms with E-state index in [1.54, 1.807) is 0 Å². The molecule has 1 fully saturated rings. The van der Waals surface area contributed by atoms with Gasteiger partial charge < -0.3 is 10.2 Å². The lowest BCUT2D eigenvalue weighted by atomic mass is 9.79. The molecule has 1 N–H and O–H groups in total. The van der Waals surface area contributed by atoms with Crippen LogP contribution >= 0.6 is 12.2 Å². The van der Waals surface area contributed by atoms with Crippen molar-refractivity contribution in [1.29, 1.82) is 0 Å². The van der Waals surface area contributed by atoms with Crippen LogP contribution in [0.5, 0.6) is 0 Å². The molecule has 0 saturated carbocycles. The van der Waals surface area contributed by atoms with Gasteiger partial charge in [0.05, 0.1) is 4.99 Å². The van der Waals surface area contributed by atoms with Crippen LogP contribution in [-0.2, 0) is 0 Å². The van der Waals surface area contributed by atoms with Gasteiger partial charge >= 0.3 is 0 Å². The SMILES string of the molecule is CCN1CC(C)(C)CC(C)(NC)CC1=S. The van der Waals surface area contributed by atoms with Gasteiger partial charge in [0.15, 0.2) is 0 Å². The number of likely N-dealkylation sites (tertiary alicyclic amines) is 1.